The number of hydrogen-bond acceptors (Lipinski definition) is 6. The fourth-order valence-corrected chi connectivity index (χ4v) is 3.33. The van der Waals surface area contributed by atoms with Crippen LogP contribution in [0.2, 0.25) is 0 Å². The van der Waals surface area contributed by atoms with Crippen LogP contribution in [-0.4, -0.2) is 38.3 Å². The SMILES string of the molecule is COc1ccc(N2CCN(c3ncc(CN)s3)CC2)cc1. The number of aromatic nitrogens is 1. The molecule has 112 valence electrons. The number of nitrogens with zero attached hydrogens (tertiary/aromatic N) is 3. The van der Waals surface area contributed by atoms with Crippen molar-refractivity contribution in [3.05, 3.63) is 35.3 Å². The van der Waals surface area contributed by atoms with Gasteiger partial charge in [-0.2, -0.15) is 0 Å². The molecule has 1 aromatic carbocycles. The number of thiazole rings is 1. The van der Waals surface area contributed by atoms with Gasteiger partial charge >= 0.3 is 0 Å². The van der Waals surface area contributed by atoms with Crippen LogP contribution in [0.1, 0.15) is 4.88 Å². The zero-order valence-corrected chi connectivity index (χ0v) is 13.0. The molecule has 1 fully saturated rings. The molecule has 0 unspecified atom stereocenters. The van der Waals surface area contributed by atoms with E-state index in [1.807, 2.05) is 18.3 Å². The van der Waals surface area contributed by atoms with Crippen molar-refractivity contribution in [1.82, 2.24) is 4.98 Å². The largest absolute Gasteiger partial charge is 0.497 e. The lowest BCUT2D eigenvalue weighted by Crippen LogP contribution is -2.46. The van der Waals surface area contributed by atoms with E-state index in [4.69, 9.17) is 10.5 Å². The molecule has 1 aromatic heterocycles. The van der Waals surface area contributed by atoms with E-state index in [2.05, 4.69) is 26.9 Å². The summed E-state index contributed by atoms with van der Waals surface area (Å²) in [6.45, 7) is 4.56. The Kier molecular flexibility index (Phi) is 4.26. The Hall–Kier alpha value is -1.79. The number of nitrogens with two attached hydrogens (primary N) is 1. The molecule has 21 heavy (non-hydrogen) atoms. The van der Waals surface area contributed by atoms with Crippen LogP contribution in [0.25, 0.3) is 0 Å². The molecule has 3 rings (SSSR count). The highest BCUT2D eigenvalue weighted by Crippen LogP contribution is 2.25. The van der Waals surface area contributed by atoms with Crippen LogP contribution < -0.4 is 20.3 Å². The Balaban J connectivity index is 1.61. The van der Waals surface area contributed by atoms with Crippen molar-refractivity contribution in [2.75, 3.05) is 43.1 Å². The zero-order chi connectivity index (χ0) is 14.7. The highest BCUT2D eigenvalue weighted by atomic mass is 32.1. The molecule has 0 amide bonds. The fraction of sp³-hybridized carbons (Fsp3) is 0.400. The van der Waals surface area contributed by atoms with Gasteiger partial charge in [-0.05, 0) is 24.3 Å². The van der Waals surface area contributed by atoms with Gasteiger partial charge in [-0.3, -0.25) is 0 Å². The van der Waals surface area contributed by atoms with Gasteiger partial charge in [0.15, 0.2) is 5.13 Å². The smallest absolute Gasteiger partial charge is 0.185 e. The molecule has 0 bridgehead atoms. The van der Waals surface area contributed by atoms with Crippen molar-refractivity contribution < 1.29 is 4.74 Å². The summed E-state index contributed by atoms with van der Waals surface area (Å²) in [5.74, 6) is 0.898. The summed E-state index contributed by atoms with van der Waals surface area (Å²) in [6, 6.07) is 8.25. The Morgan fingerprint density at radius 2 is 1.81 bits per heavy atom. The maximum atomic E-state index is 5.65. The summed E-state index contributed by atoms with van der Waals surface area (Å²) < 4.78 is 5.20. The predicted molar refractivity (Wildman–Crippen MR) is 87.4 cm³/mol. The van der Waals surface area contributed by atoms with E-state index in [9.17, 15) is 0 Å². The van der Waals surface area contributed by atoms with Gasteiger partial charge < -0.3 is 20.3 Å². The number of rotatable bonds is 4. The maximum Gasteiger partial charge on any atom is 0.185 e. The minimum atomic E-state index is 0.573. The second-order valence-corrected chi connectivity index (χ2v) is 6.08. The molecular formula is C15H20N4OS. The molecule has 2 aromatic rings. The lowest BCUT2D eigenvalue weighted by molar-refractivity contribution is 0.415. The van der Waals surface area contributed by atoms with E-state index in [1.165, 1.54) is 5.69 Å². The second kappa shape index (κ2) is 6.32. The average Bonchev–Trinajstić information content (AvgIpc) is 3.04. The van der Waals surface area contributed by atoms with Gasteiger partial charge in [-0.15, -0.1) is 11.3 Å². The van der Waals surface area contributed by atoms with Crippen molar-refractivity contribution in [2.24, 2.45) is 5.73 Å². The van der Waals surface area contributed by atoms with E-state index >= 15 is 0 Å². The third-order valence-electron chi connectivity index (χ3n) is 3.73. The fourth-order valence-electron chi connectivity index (χ4n) is 2.49. The van der Waals surface area contributed by atoms with Crippen LogP contribution >= 0.6 is 11.3 Å². The van der Waals surface area contributed by atoms with E-state index in [-0.39, 0.29) is 0 Å². The molecule has 5 nitrogen and oxygen atoms in total. The van der Waals surface area contributed by atoms with Gasteiger partial charge in [0.2, 0.25) is 0 Å². The van der Waals surface area contributed by atoms with Crippen molar-refractivity contribution >= 4 is 22.2 Å². The molecule has 0 radical (unpaired) electrons. The topological polar surface area (TPSA) is 54.6 Å². The van der Waals surface area contributed by atoms with E-state index in [0.29, 0.717) is 6.54 Å². The van der Waals surface area contributed by atoms with Crippen LogP contribution in [0.15, 0.2) is 30.5 Å². The van der Waals surface area contributed by atoms with Gasteiger partial charge in [0.05, 0.1) is 7.11 Å². The summed E-state index contributed by atoms with van der Waals surface area (Å²) in [4.78, 5) is 10.3. The normalized spacial score (nSPS) is 15.3. The van der Waals surface area contributed by atoms with Gasteiger partial charge in [-0.25, -0.2) is 4.98 Å². The number of ether oxygens (including phenoxy) is 1. The van der Waals surface area contributed by atoms with Crippen LogP contribution in [0.4, 0.5) is 10.8 Å². The van der Waals surface area contributed by atoms with Gasteiger partial charge in [0, 0.05) is 49.5 Å². The van der Waals surface area contributed by atoms with E-state index in [1.54, 1.807) is 18.4 Å². The average molecular weight is 304 g/mol. The van der Waals surface area contributed by atoms with Gasteiger partial charge in [-0.1, -0.05) is 0 Å². The minimum absolute atomic E-state index is 0.573. The summed E-state index contributed by atoms with van der Waals surface area (Å²) in [5, 5.41) is 1.09. The maximum absolute atomic E-state index is 5.65. The Labute approximate surface area is 129 Å². The summed E-state index contributed by atoms with van der Waals surface area (Å²) >= 11 is 1.70. The van der Waals surface area contributed by atoms with E-state index < -0.39 is 0 Å². The minimum Gasteiger partial charge on any atom is -0.497 e. The number of benzene rings is 1. The summed E-state index contributed by atoms with van der Waals surface area (Å²) in [7, 11) is 1.69. The lowest BCUT2D eigenvalue weighted by atomic mass is 10.2. The van der Waals surface area contributed by atoms with Crippen LogP contribution in [0, 0.1) is 0 Å². The lowest BCUT2D eigenvalue weighted by Gasteiger charge is -2.36. The van der Waals surface area contributed by atoms with E-state index in [0.717, 1.165) is 41.9 Å². The standard InChI is InChI=1S/C15H20N4OS/c1-20-13-4-2-12(3-5-13)18-6-8-19(9-7-18)15-17-11-14(10-16)21-15/h2-5,11H,6-10,16H2,1H3. The van der Waals surface area contributed by atoms with Crippen molar-refractivity contribution in [2.45, 2.75) is 6.54 Å². The highest BCUT2D eigenvalue weighted by Gasteiger charge is 2.19. The second-order valence-electron chi connectivity index (χ2n) is 4.99. The molecule has 2 heterocycles. The van der Waals surface area contributed by atoms with Crippen molar-refractivity contribution in [3.8, 4) is 5.75 Å². The molecule has 1 aliphatic heterocycles. The number of hydrogen-bond donors (Lipinski definition) is 1. The number of methoxy groups -OCH3 is 1. The first-order chi connectivity index (χ1) is 10.3. The first-order valence-corrected chi connectivity index (χ1v) is 7.90. The molecule has 0 saturated carbocycles. The molecule has 6 heteroatoms. The molecule has 1 saturated heterocycles. The zero-order valence-electron chi connectivity index (χ0n) is 12.2. The third-order valence-corrected chi connectivity index (χ3v) is 4.81. The van der Waals surface area contributed by atoms with Gasteiger partial charge in [0.25, 0.3) is 0 Å². The highest BCUT2D eigenvalue weighted by molar-refractivity contribution is 7.15. The van der Waals surface area contributed by atoms with Crippen molar-refractivity contribution in [1.29, 1.82) is 0 Å². The number of piperazine rings is 1. The molecule has 0 spiro atoms. The first kappa shape index (κ1) is 14.2. The molecular weight excluding hydrogens is 284 g/mol. The summed E-state index contributed by atoms with van der Waals surface area (Å²) in [6.07, 6.45) is 1.88. The number of anilines is 2. The molecule has 0 atom stereocenters. The molecule has 0 aliphatic carbocycles. The van der Waals surface area contributed by atoms with Crippen LogP contribution in [-0.2, 0) is 6.54 Å². The third kappa shape index (κ3) is 3.11. The Morgan fingerprint density at radius 3 is 2.38 bits per heavy atom. The summed E-state index contributed by atoms with van der Waals surface area (Å²) in [5.41, 5.74) is 6.90. The molecule has 2 N–H and O–H groups in total. The predicted octanol–water partition coefficient (Wildman–Crippen LogP) is 1.94. The van der Waals surface area contributed by atoms with Crippen LogP contribution in [0.3, 0.4) is 0 Å². The monoisotopic (exact) mass is 304 g/mol. The first-order valence-electron chi connectivity index (χ1n) is 7.09. The van der Waals surface area contributed by atoms with Crippen molar-refractivity contribution in [3.63, 3.8) is 0 Å². The quantitative estimate of drug-likeness (QED) is 0.935. The molecule has 1 aliphatic rings. The Morgan fingerprint density at radius 1 is 1.14 bits per heavy atom. The van der Waals surface area contributed by atoms with Crippen LogP contribution in [0.5, 0.6) is 5.75 Å². The van der Waals surface area contributed by atoms with Gasteiger partial charge in [0.1, 0.15) is 5.75 Å². The Bertz CT molecular complexity index is 576.